The zero-order valence-corrected chi connectivity index (χ0v) is 17.8. The summed E-state index contributed by atoms with van der Waals surface area (Å²) in [6.45, 7) is 0.429. The number of fused-ring (bicyclic) bond motifs is 1. The van der Waals surface area contributed by atoms with Gasteiger partial charge in [0.2, 0.25) is 17.8 Å². The highest BCUT2D eigenvalue weighted by Gasteiger charge is 2.13. The molecule has 0 aliphatic carbocycles. The van der Waals surface area contributed by atoms with E-state index in [1.807, 2.05) is 36.4 Å². The zero-order valence-electron chi connectivity index (χ0n) is 16.1. The smallest absolute Gasteiger partial charge is 0.316 e. The molecule has 1 aliphatic rings. The lowest BCUT2D eigenvalue weighted by Gasteiger charge is -2.03. The molecule has 0 spiro atoms. The number of anilines is 1. The van der Waals surface area contributed by atoms with Gasteiger partial charge >= 0.3 is 5.97 Å². The van der Waals surface area contributed by atoms with Crippen molar-refractivity contribution in [2.24, 2.45) is 0 Å². The molecule has 0 bridgehead atoms. The van der Waals surface area contributed by atoms with E-state index in [9.17, 15) is 9.59 Å². The van der Waals surface area contributed by atoms with Crippen molar-refractivity contribution in [3.05, 3.63) is 65.7 Å². The first-order chi connectivity index (χ1) is 15.2. The molecule has 1 N–H and O–H groups in total. The van der Waals surface area contributed by atoms with E-state index in [1.165, 1.54) is 29.2 Å². The maximum absolute atomic E-state index is 12.1. The van der Waals surface area contributed by atoms with E-state index in [0.717, 1.165) is 11.1 Å². The van der Waals surface area contributed by atoms with Crippen molar-refractivity contribution >= 4 is 46.2 Å². The summed E-state index contributed by atoms with van der Waals surface area (Å²) >= 11 is 2.39. The molecule has 4 rings (SSSR count). The summed E-state index contributed by atoms with van der Waals surface area (Å²) in [5.74, 6) is 0.758. The number of carbonyl (C=O) groups is 2. The van der Waals surface area contributed by atoms with Crippen molar-refractivity contribution in [2.45, 2.75) is 10.9 Å². The van der Waals surface area contributed by atoms with Crippen LogP contribution in [0.15, 0.2) is 58.9 Å². The van der Waals surface area contributed by atoms with Gasteiger partial charge in [0.05, 0.1) is 5.75 Å². The van der Waals surface area contributed by atoms with Crippen molar-refractivity contribution in [3.8, 4) is 11.5 Å². The van der Waals surface area contributed by atoms with Gasteiger partial charge in [-0.2, -0.15) is 0 Å². The standard InChI is InChI=1S/C21H17N3O5S2/c25-18(9-7-14-6-8-16-17(10-14)29-13-28-16)22-20-23-24-21(31-20)30-12-19(26)27-11-15-4-2-1-3-5-15/h1-10H,11-13H2,(H,22,23,25)/b9-7+. The van der Waals surface area contributed by atoms with E-state index in [-0.39, 0.29) is 31.0 Å². The van der Waals surface area contributed by atoms with Crippen LogP contribution in [0.3, 0.4) is 0 Å². The maximum atomic E-state index is 12.1. The van der Waals surface area contributed by atoms with Gasteiger partial charge in [0, 0.05) is 6.08 Å². The molecule has 0 atom stereocenters. The van der Waals surface area contributed by atoms with Crippen LogP contribution in [0.4, 0.5) is 5.13 Å². The Bertz CT molecular complexity index is 1100. The fourth-order valence-corrected chi connectivity index (χ4v) is 4.11. The predicted molar refractivity (Wildman–Crippen MR) is 117 cm³/mol. The third-order valence-electron chi connectivity index (χ3n) is 4.02. The second-order valence-corrected chi connectivity index (χ2v) is 8.44. The van der Waals surface area contributed by atoms with Gasteiger partial charge in [0.25, 0.3) is 0 Å². The lowest BCUT2D eigenvalue weighted by atomic mass is 10.2. The lowest BCUT2D eigenvalue weighted by molar-refractivity contribution is -0.141. The zero-order chi connectivity index (χ0) is 21.5. The van der Waals surface area contributed by atoms with E-state index >= 15 is 0 Å². The summed E-state index contributed by atoms with van der Waals surface area (Å²) in [5, 5.41) is 10.9. The number of aromatic nitrogens is 2. The van der Waals surface area contributed by atoms with Gasteiger partial charge in [-0.25, -0.2) is 0 Å². The van der Waals surface area contributed by atoms with Crippen molar-refractivity contribution in [1.82, 2.24) is 10.2 Å². The average Bonchev–Trinajstić information content (AvgIpc) is 3.44. The monoisotopic (exact) mass is 455 g/mol. The molecule has 3 aromatic rings. The molecule has 1 aliphatic heterocycles. The van der Waals surface area contributed by atoms with Gasteiger partial charge in [-0.3, -0.25) is 14.9 Å². The number of esters is 1. The van der Waals surface area contributed by atoms with Crippen molar-refractivity contribution in [2.75, 3.05) is 17.9 Å². The van der Waals surface area contributed by atoms with Crippen molar-refractivity contribution < 1.29 is 23.8 Å². The van der Waals surface area contributed by atoms with E-state index < -0.39 is 0 Å². The van der Waals surface area contributed by atoms with Crippen LogP contribution in [0.5, 0.6) is 11.5 Å². The molecule has 2 aromatic carbocycles. The SMILES string of the molecule is O=C(/C=C/c1ccc2c(c1)OCO2)Nc1nnc(SCC(=O)OCc2ccccc2)s1. The Morgan fingerprint density at radius 1 is 1.13 bits per heavy atom. The number of nitrogens with zero attached hydrogens (tertiary/aromatic N) is 2. The summed E-state index contributed by atoms with van der Waals surface area (Å²) < 4.78 is 16.4. The number of hydrogen-bond acceptors (Lipinski definition) is 9. The van der Waals surface area contributed by atoms with Crippen LogP contribution in [0.25, 0.3) is 6.08 Å². The highest BCUT2D eigenvalue weighted by molar-refractivity contribution is 8.01. The highest BCUT2D eigenvalue weighted by atomic mass is 32.2. The number of amides is 1. The van der Waals surface area contributed by atoms with Crippen molar-refractivity contribution in [3.63, 3.8) is 0 Å². The lowest BCUT2D eigenvalue weighted by Crippen LogP contribution is -2.07. The van der Waals surface area contributed by atoms with E-state index in [0.29, 0.717) is 21.0 Å². The quantitative estimate of drug-likeness (QED) is 0.237. The molecule has 1 amide bonds. The Labute approximate surface area is 186 Å². The van der Waals surface area contributed by atoms with Gasteiger partial charge < -0.3 is 14.2 Å². The minimum atomic E-state index is -0.346. The Morgan fingerprint density at radius 3 is 2.84 bits per heavy atom. The number of nitrogens with one attached hydrogen (secondary N) is 1. The molecule has 8 nitrogen and oxygen atoms in total. The van der Waals surface area contributed by atoms with Crippen molar-refractivity contribution in [1.29, 1.82) is 0 Å². The third-order valence-corrected chi connectivity index (χ3v) is 5.96. The predicted octanol–water partition coefficient (Wildman–Crippen LogP) is 3.75. The molecular formula is C21H17N3O5S2. The first-order valence-corrected chi connectivity index (χ1v) is 11.0. The summed E-state index contributed by atoms with van der Waals surface area (Å²) in [6, 6.07) is 14.9. The number of thioether (sulfide) groups is 1. The number of hydrogen-bond donors (Lipinski definition) is 1. The van der Waals surface area contributed by atoms with Crippen LogP contribution in [0.2, 0.25) is 0 Å². The highest BCUT2D eigenvalue weighted by Crippen LogP contribution is 2.32. The fraction of sp³-hybridized carbons (Fsp3) is 0.143. The summed E-state index contributed by atoms with van der Waals surface area (Å²) in [5.41, 5.74) is 1.73. The number of carbonyl (C=O) groups excluding carboxylic acids is 2. The average molecular weight is 456 g/mol. The van der Waals surface area contributed by atoms with Crippen LogP contribution in [-0.4, -0.2) is 34.6 Å². The number of ether oxygens (including phenoxy) is 3. The third kappa shape index (κ3) is 6.06. The molecule has 0 radical (unpaired) electrons. The largest absolute Gasteiger partial charge is 0.460 e. The topological polar surface area (TPSA) is 99.6 Å². The molecule has 2 heterocycles. The minimum absolute atomic E-state index is 0.111. The first kappa shape index (κ1) is 20.9. The van der Waals surface area contributed by atoms with Gasteiger partial charge in [-0.15, -0.1) is 10.2 Å². The molecule has 158 valence electrons. The Morgan fingerprint density at radius 2 is 1.97 bits per heavy atom. The van der Waals surface area contributed by atoms with Gasteiger partial charge in [-0.05, 0) is 29.3 Å². The molecule has 0 fully saturated rings. The Kier molecular flexibility index (Phi) is 6.80. The Hall–Kier alpha value is -3.37. The molecular weight excluding hydrogens is 438 g/mol. The van der Waals surface area contributed by atoms with E-state index in [4.69, 9.17) is 14.2 Å². The molecule has 0 unspecified atom stereocenters. The van der Waals surface area contributed by atoms with Crippen LogP contribution in [-0.2, 0) is 20.9 Å². The second-order valence-electron chi connectivity index (χ2n) is 6.24. The Balaban J connectivity index is 1.22. The minimum Gasteiger partial charge on any atom is -0.460 e. The summed E-state index contributed by atoms with van der Waals surface area (Å²) in [7, 11) is 0. The van der Waals surface area contributed by atoms with Gasteiger partial charge in [0.15, 0.2) is 15.8 Å². The fourth-order valence-electron chi connectivity index (χ4n) is 2.55. The van der Waals surface area contributed by atoms with Crippen LogP contribution < -0.4 is 14.8 Å². The molecule has 0 saturated carbocycles. The normalized spacial score (nSPS) is 12.1. The second kappa shape index (κ2) is 10.1. The molecule has 0 saturated heterocycles. The van der Waals surface area contributed by atoms with Gasteiger partial charge in [-0.1, -0.05) is 59.5 Å². The van der Waals surface area contributed by atoms with Crippen LogP contribution >= 0.6 is 23.1 Å². The molecule has 10 heteroatoms. The maximum Gasteiger partial charge on any atom is 0.316 e. The van der Waals surface area contributed by atoms with Crippen LogP contribution in [0.1, 0.15) is 11.1 Å². The van der Waals surface area contributed by atoms with Crippen LogP contribution in [0, 0.1) is 0 Å². The summed E-state index contributed by atoms with van der Waals surface area (Å²) in [6.07, 6.45) is 3.06. The molecule has 31 heavy (non-hydrogen) atoms. The number of benzene rings is 2. The number of rotatable bonds is 8. The van der Waals surface area contributed by atoms with E-state index in [2.05, 4.69) is 15.5 Å². The van der Waals surface area contributed by atoms with Gasteiger partial charge in [0.1, 0.15) is 6.61 Å². The van der Waals surface area contributed by atoms with E-state index in [1.54, 1.807) is 18.2 Å². The summed E-state index contributed by atoms with van der Waals surface area (Å²) in [4.78, 5) is 24.0. The molecule has 1 aromatic heterocycles. The first-order valence-electron chi connectivity index (χ1n) is 9.20.